The molecule has 1 fully saturated rings. The van der Waals surface area contributed by atoms with Gasteiger partial charge >= 0.3 is 0 Å². The van der Waals surface area contributed by atoms with Gasteiger partial charge in [-0.25, -0.2) is 9.97 Å². The quantitative estimate of drug-likeness (QED) is 0.244. The van der Waals surface area contributed by atoms with Crippen LogP contribution in [0.4, 0.5) is 5.69 Å². The van der Waals surface area contributed by atoms with Crippen LogP contribution in [0.1, 0.15) is 18.9 Å². The molecule has 0 unspecified atom stereocenters. The van der Waals surface area contributed by atoms with Crippen molar-refractivity contribution in [2.75, 3.05) is 31.1 Å². The second kappa shape index (κ2) is 12.2. The van der Waals surface area contributed by atoms with Crippen molar-refractivity contribution >= 4 is 45.8 Å². The summed E-state index contributed by atoms with van der Waals surface area (Å²) in [5.41, 5.74) is 2.28. The van der Waals surface area contributed by atoms with Crippen LogP contribution >= 0.6 is 23.2 Å². The van der Waals surface area contributed by atoms with E-state index in [0.29, 0.717) is 52.5 Å². The van der Waals surface area contributed by atoms with Gasteiger partial charge in [-0.15, -0.1) is 0 Å². The van der Waals surface area contributed by atoms with Gasteiger partial charge in [0.1, 0.15) is 0 Å². The lowest BCUT2D eigenvalue weighted by atomic mass is 10.1. The SMILES string of the molecule is C[C@H]1CN(C(=N)N(CCCn2ccnc2)c2ccc3c(=O)n(CCc4ccc(Cl)cc4Cl)cnc3c2)CCN1. The third-order valence-corrected chi connectivity index (χ3v) is 7.63. The maximum atomic E-state index is 13.3. The number of benzene rings is 2. The van der Waals surface area contributed by atoms with Crippen LogP contribution in [-0.2, 0) is 19.5 Å². The van der Waals surface area contributed by atoms with Gasteiger partial charge in [-0.2, -0.15) is 0 Å². The van der Waals surface area contributed by atoms with Crippen molar-refractivity contribution in [2.24, 2.45) is 0 Å². The third kappa shape index (κ3) is 6.43. The highest BCUT2D eigenvalue weighted by atomic mass is 35.5. The second-order valence-electron chi connectivity index (χ2n) is 9.86. The Morgan fingerprint density at radius 3 is 2.82 bits per heavy atom. The minimum atomic E-state index is -0.103. The number of rotatable bonds is 8. The fraction of sp³-hybridized carbons (Fsp3) is 0.357. The summed E-state index contributed by atoms with van der Waals surface area (Å²) < 4.78 is 3.65. The maximum Gasteiger partial charge on any atom is 0.261 e. The molecule has 5 rings (SSSR count). The number of halogens is 2. The number of aryl methyl sites for hydroxylation is 3. The number of nitrogens with zero attached hydrogens (tertiary/aromatic N) is 6. The summed E-state index contributed by atoms with van der Waals surface area (Å²) in [6.45, 7) is 6.42. The molecular weight excluding hydrogens is 535 g/mol. The van der Waals surface area contributed by atoms with E-state index in [4.69, 9.17) is 28.6 Å². The second-order valence-corrected chi connectivity index (χ2v) is 10.7. The van der Waals surface area contributed by atoms with E-state index in [2.05, 4.69) is 27.1 Å². The van der Waals surface area contributed by atoms with E-state index >= 15 is 0 Å². The van der Waals surface area contributed by atoms with E-state index in [9.17, 15) is 4.79 Å². The zero-order chi connectivity index (χ0) is 27.4. The van der Waals surface area contributed by atoms with E-state index in [1.165, 1.54) is 0 Å². The van der Waals surface area contributed by atoms with E-state index in [1.807, 2.05) is 39.9 Å². The predicted molar refractivity (Wildman–Crippen MR) is 157 cm³/mol. The number of aromatic nitrogens is 4. The molecular formula is C28H32Cl2N8O. The number of fused-ring (bicyclic) bond motifs is 1. The lowest BCUT2D eigenvalue weighted by Gasteiger charge is -2.38. The number of hydrogen-bond donors (Lipinski definition) is 2. The molecule has 1 aliphatic heterocycles. The van der Waals surface area contributed by atoms with Crippen LogP contribution in [0.5, 0.6) is 0 Å². The number of nitrogens with one attached hydrogen (secondary N) is 2. The van der Waals surface area contributed by atoms with Crippen LogP contribution < -0.4 is 15.8 Å². The van der Waals surface area contributed by atoms with Crippen LogP contribution in [0.2, 0.25) is 10.0 Å². The van der Waals surface area contributed by atoms with E-state index in [-0.39, 0.29) is 5.56 Å². The molecule has 0 amide bonds. The van der Waals surface area contributed by atoms with Crippen molar-refractivity contribution in [3.8, 4) is 0 Å². The first-order valence-corrected chi connectivity index (χ1v) is 13.9. The number of piperazine rings is 1. The molecule has 2 aromatic carbocycles. The molecule has 204 valence electrons. The van der Waals surface area contributed by atoms with Crippen molar-refractivity contribution < 1.29 is 0 Å². The molecule has 11 heteroatoms. The lowest BCUT2D eigenvalue weighted by molar-refractivity contribution is 0.297. The smallest absolute Gasteiger partial charge is 0.261 e. The predicted octanol–water partition coefficient (Wildman–Crippen LogP) is 4.27. The van der Waals surface area contributed by atoms with Crippen LogP contribution in [0.3, 0.4) is 0 Å². The minimum absolute atomic E-state index is 0.103. The molecule has 0 saturated carbocycles. The molecule has 1 atom stereocenters. The lowest BCUT2D eigenvalue weighted by Crippen LogP contribution is -2.55. The van der Waals surface area contributed by atoms with Gasteiger partial charge in [0.15, 0.2) is 5.96 Å². The van der Waals surface area contributed by atoms with E-state index < -0.39 is 0 Å². The van der Waals surface area contributed by atoms with Crippen LogP contribution in [-0.4, -0.2) is 62.2 Å². The molecule has 39 heavy (non-hydrogen) atoms. The largest absolute Gasteiger partial charge is 0.340 e. The Morgan fingerprint density at radius 2 is 2.05 bits per heavy atom. The molecule has 0 bridgehead atoms. The van der Waals surface area contributed by atoms with Gasteiger partial charge in [0, 0.05) is 73.4 Å². The topological polar surface area (TPSA) is 95.1 Å². The molecule has 4 aromatic rings. The Bertz CT molecular complexity index is 1500. The van der Waals surface area contributed by atoms with Crippen molar-refractivity contribution in [3.05, 3.63) is 87.4 Å². The van der Waals surface area contributed by atoms with Gasteiger partial charge in [0.05, 0.1) is 23.6 Å². The summed E-state index contributed by atoms with van der Waals surface area (Å²) in [7, 11) is 0. The first-order chi connectivity index (χ1) is 18.9. The maximum absolute atomic E-state index is 13.3. The van der Waals surface area contributed by atoms with Crippen molar-refractivity contribution in [1.29, 1.82) is 5.41 Å². The molecule has 1 aliphatic rings. The first kappa shape index (κ1) is 27.2. The van der Waals surface area contributed by atoms with Gasteiger partial charge < -0.3 is 19.7 Å². The molecule has 0 radical (unpaired) electrons. The van der Waals surface area contributed by atoms with E-state index in [0.717, 1.165) is 43.9 Å². The fourth-order valence-corrected chi connectivity index (χ4v) is 5.43. The summed E-state index contributed by atoms with van der Waals surface area (Å²) in [5, 5.41) is 14.2. The van der Waals surface area contributed by atoms with Gasteiger partial charge in [0.2, 0.25) is 0 Å². The summed E-state index contributed by atoms with van der Waals surface area (Å²) in [4.78, 5) is 26.1. The molecule has 1 saturated heterocycles. The molecule has 2 N–H and O–H groups in total. The molecule has 9 nitrogen and oxygen atoms in total. The Morgan fingerprint density at radius 1 is 1.18 bits per heavy atom. The van der Waals surface area contributed by atoms with Crippen molar-refractivity contribution in [1.82, 2.24) is 29.3 Å². The van der Waals surface area contributed by atoms with Crippen molar-refractivity contribution in [3.63, 3.8) is 0 Å². The molecule has 0 aliphatic carbocycles. The minimum Gasteiger partial charge on any atom is -0.340 e. The number of imidazole rings is 1. The van der Waals surface area contributed by atoms with Crippen LogP contribution in [0.25, 0.3) is 10.9 Å². The third-order valence-electron chi connectivity index (χ3n) is 7.04. The molecule has 3 heterocycles. The van der Waals surface area contributed by atoms with Gasteiger partial charge in [-0.05, 0) is 55.7 Å². The van der Waals surface area contributed by atoms with Crippen molar-refractivity contribution in [2.45, 2.75) is 38.9 Å². The normalized spacial score (nSPS) is 15.6. The Kier molecular flexibility index (Phi) is 8.50. The van der Waals surface area contributed by atoms with Crippen LogP contribution in [0, 0.1) is 5.41 Å². The zero-order valence-corrected chi connectivity index (χ0v) is 23.4. The van der Waals surface area contributed by atoms with Crippen LogP contribution in [0.15, 0.2) is 66.2 Å². The monoisotopic (exact) mass is 566 g/mol. The Hall–Kier alpha value is -3.40. The fourth-order valence-electron chi connectivity index (χ4n) is 4.92. The standard InChI is InChI=1S/C28H32Cl2N8O/c1-20-17-36(14-9-33-20)28(31)38(11-2-10-35-13-8-32-18-35)23-5-6-24-26(16-23)34-19-37(27(24)39)12-7-21-3-4-22(29)15-25(21)30/h3-6,8,13,15-16,18-20,31,33H,2,7,9-12,14,17H2,1H3/t20-/m0/s1. The summed E-state index contributed by atoms with van der Waals surface area (Å²) in [6.07, 6.45) is 8.53. The average molecular weight is 568 g/mol. The highest BCUT2D eigenvalue weighted by Gasteiger charge is 2.23. The number of hydrogen-bond acceptors (Lipinski definition) is 5. The summed E-state index contributed by atoms with van der Waals surface area (Å²) in [6, 6.07) is 11.4. The summed E-state index contributed by atoms with van der Waals surface area (Å²) >= 11 is 12.3. The van der Waals surface area contributed by atoms with Gasteiger partial charge in [-0.1, -0.05) is 29.3 Å². The number of guanidine groups is 1. The Labute approximate surface area is 237 Å². The summed E-state index contributed by atoms with van der Waals surface area (Å²) in [5.74, 6) is 0.460. The number of anilines is 1. The van der Waals surface area contributed by atoms with Gasteiger partial charge in [0.25, 0.3) is 5.56 Å². The Balaban J connectivity index is 1.37. The van der Waals surface area contributed by atoms with E-state index in [1.54, 1.807) is 35.6 Å². The highest BCUT2D eigenvalue weighted by Crippen LogP contribution is 2.23. The van der Waals surface area contributed by atoms with Gasteiger partial charge in [-0.3, -0.25) is 14.8 Å². The highest BCUT2D eigenvalue weighted by molar-refractivity contribution is 6.35. The first-order valence-electron chi connectivity index (χ1n) is 13.1. The average Bonchev–Trinajstić information content (AvgIpc) is 3.45. The molecule has 0 spiro atoms. The zero-order valence-electron chi connectivity index (χ0n) is 21.9. The molecule has 2 aromatic heterocycles.